The van der Waals surface area contributed by atoms with Gasteiger partial charge in [0.1, 0.15) is 5.60 Å². The van der Waals surface area contributed by atoms with Crippen LogP contribution in [0.5, 0.6) is 0 Å². The quantitative estimate of drug-likeness (QED) is 0.604. The fraction of sp³-hybridized carbons (Fsp3) is 0.625. The molecule has 3 N–H and O–H groups in total. The summed E-state index contributed by atoms with van der Waals surface area (Å²) in [5, 5.41) is 3.05. The van der Waals surface area contributed by atoms with Crippen LogP contribution < -0.4 is 11.1 Å². The van der Waals surface area contributed by atoms with Gasteiger partial charge < -0.3 is 10.5 Å². The van der Waals surface area contributed by atoms with E-state index in [2.05, 4.69) is 5.32 Å². The second kappa shape index (κ2) is 5.39. The van der Waals surface area contributed by atoms with E-state index < -0.39 is 22.6 Å². The summed E-state index contributed by atoms with van der Waals surface area (Å²) in [6, 6.07) is 0. The number of Topliss-reactive ketones (excluding diaryl/α,β-unsaturated/α-hetero) is 1. The SMILES string of the molecule is CC(C)(C)OC(=O)[C@@]1(C(=O)C2(N)C=CC=CC2)CCCN1. The van der Waals surface area contributed by atoms with Gasteiger partial charge in [-0.15, -0.1) is 0 Å². The summed E-state index contributed by atoms with van der Waals surface area (Å²) in [4.78, 5) is 25.6. The van der Waals surface area contributed by atoms with Crippen molar-refractivity contribution in [3.63, 3.8) is 0 Å². The van der Waals surface area contributed by atoms with Gasteiger partial charge in [0, 0.05) is 0 Å². The first kappa shape index (κ1) is 15.9. The summed E-state index contributed by atoms with van der Waals surface area (Å²) in [5.74, 6) is -0.826. The lowest BCUT2D eigenvalue weighted by atomic mass is 9.76. The molecule has 1 saturated heterocycles. The van der Waals surface area contributed by atoms with Crippen molar-refractivity contribution in [1.82, 2.24) is 5.32 Å². The van der Waals surface area contributed by atoms with Crippen molar-refractivity contribution in [2.24, 2.45) is 5.73 Å². The maximum absolute atomic E-state index is 13.0. The average molecular weight is 292 g/mol. The van der Waals surface area contributed by atoms with E-state index in [1.54, 1.807) is 32.9 Å². The molecule has 21 heavy (non-hydrogen) atoms. The topological polar surface area (TPSA) is 81.4 Å². The van der Waals surface area contributed by atoms with Crippen LogP contribution in [0.3, 0.4) is 0 Å². The van der Waals surface area contributed by atoms with Crippen LogP contribution in [-0.2, 0) is 14.3 Å². The molecule has 0 aromatic carbocycles. The molecule has 116 valence electrons. The molecular weight excluding hydrogens is 268 g/mol. The molecule has 5 heteroatoms. The molecule has 1 fully saturated rings. The van der Waals surface area contributed by atoms with E-state index >= 15 is 0 Å². The van der Waals surface area contributed by atoms with E-state index in [9.17, 15) is 9.59 Å². The zero-order chi connectivity index (χ0) is 15.7. The molecule has 5 nitrogen and oxygen atoms in total. The Labute approximate surface area is 125 Å². The van der Waals surface area contributed by atoms with Crippen molar-refractivity contribution in [1.29, 1.82) is 0 Å². The molecule has 0 aromatic rings. The molecule has 1 unspecified atom stereocenters. The van der Waals surface area contributed by atoms with Crippen LogP contribution in [0.1, 0.15) is 40.0 Å². The number of carbonyl (C=O) groups excluding carboxylic acids is 2. The summed E-state index contributed by atoms with van der Waals surface area (Å²) >= 11 is 0. The Balaban J connectivity index is 2.30. The largest absolute Gasteiger partial charge is 0.458 e. The first-order chi connectivity index (χ1) is 9.70. The van der Waals surface area contributed by atoms with Crippen LogP contribution in [0.4, 0.5) is 0 Å². The predicted octanol–water partition coefficient (Wildman–Crippen LogP) is 1.23. The predicted molar refractivity (Wildman–Crippen MR) is 80.6 cm³/mol. The number of esters is 1. The Morgan fingerprint density at radius 1 is 1.29 bits per heavy atom. The highest BCUT2D eigenvalue weighted by Gasteiger charge is 2.55. The van der Waals surface area contributed by atoms with Gasteiger partial charge in [-0.2, -0.15) is 0 Å². The number of hydrogen-bond donors (Lipinski definition) is 2. The summed E-state index contributed by atoms with van der Waals surface area (Å²) in [6.07, 6.45) is 8.68. The lowest BCUT2D eigenvalue weighted by Crippen LogP contribution is -2.65. The van der Waals surface area contributed by atoms with Crippen molar-refractivity contribution in [3.8, 4) is 0 Å². The second-order valence-corrected chi connectivity index (χ2v) is 6.80. The van der Waals surface area contributed by atoms with Gasteiger partial charge in [-0.1, -0.05) is 24.3 Å². The Hall–Kier alpha value is -1.46. The van der Waals surface area contributed by atoms with Crippen LogP contribution in [0, 0.1) is 0 Å². The van der Waals surface area contributed by atoms with Gasteiger partial charge in [0.15, 0.2) is 11.3 Å². The van der Waals surface area contributed by atoms with Crippen LogP contribution in [0.25, 0.3) is 0 Å². The third-order valence-electron chi connectivity index (χ3n) is 3.81. The van der Waals surface area contributed by atoms with Crippen LogP contribution in [0.15, 0.2) is 24.3 Å². The number of hydrogen-bond acceptors (Lipinski definition) is 5. The molecule has 0 spiro atoms. The van der Waals surface area contributed by atoms with Crippen LogP contribution in [0.2, 0.25) is 0 Å². The Morgan fingerprint density at radius 2 is 2.00 bits per heavy atom. The molecule has 2 rings (SSSR count). The average Bonchev–Trinajstić information content (AvgIpc) is 2.87. The van der Waals surface area contributed by atoms with E-state index in [1.807, 2.05) is 12.2 Å². The highest BCUT2D eigenvalue weighted by molar-refractivity contribution is 6.14. The third-order valence-corrected chi connectivity index (χ3v) is 3.81. The summed E-state index contributed by atoms with van der Waals surface area (Å²) in [7, 11) is 0. The Bertz CT molecular complexity index is 496. The second-order valence-electron chi connectivity index (χ2n) is 6.80. The summed E-state index contributed by atoms with van der Waals surface area (Å²) in [6.45, 7) is 5.99. The lowest BCUT2D eigenvalue weighted by molar-refractivity contribution is -0.165. The number of carbonyl (C=O) groups is 2. The van der Waals surface area contributed by atoms with Crippen LogP contribution in [-0.4, -0.2) is 35.0 Å². The lowest BCUT2D eigenvalue weighted by Gasteiger charge is -2.36. The normalized spacial score (nSPS) is 32.2. The molecule has 1 aliphatic heterocycles. The summed E-state index contributed by atoms with van der Waals surface area (Å²) < 4.78 is 5.46. The molecule has 0 aromatic heterocycles. The molecule has 1 heterocycles. The fourth-order valence-electron chi connectivity index (χ4n) is 2.77. The molecule has 0 bridgehead atoms. The van der Waals surface area contributed by atoms with Gasteiger partial charge >= 0.3 is 5.97 Å². The minimum Gasteiger partial charge on any atom is -0.458 e. The van der Waals surface area contributed by atoms with Crippen LogP contribution >= 0.6 is 0 Å². The van der Waals surface area contributed by atoms with Gasteiger partial charge in [0.05, 0.1) is 5.54 Å². The van der Waals surface area contributed by atoms with Crippen molar-refractivity contribution in [2.45, 2.75) is 56.7 Å². The smallest absolute Gasteiger partial charge is 0.334 e. The Kier molecular flexibility index (Phi) is 4.08. The van der Waals surface area contributed by atoms with Crippen molar-refractivity contribution < 1.29 is 14.3 Å². The number of nitrogens with one attached hydrogen (secondary N) is 1. The van der Waals surface area contributed by atoms with Crippen molar-refractivity contribution >= 4 is 11.8 Å². The maximum atomic E-state index is 13.0. The number of rotatable bonds is 3. The van der Waals surface area contributed by atoms with E-state index in [-0.39, 0.29) is 5.78 Å². The standard InChI is InChI=1S/C16H24N2O3/c1-14(2,3)21-13(20)16(10-7-11-18-16)12(19)15(17)8-5-4-6-9-15/h4-6,8,18H,7,9-11,17H2,1-3H3/t15?,16-/m0/s1. The van der Waals surface area contributed by atoms with Gasteiger partial charge in [-0.3, -0.25) is 10.1 Å². The molecule has 1 aliphatic carbocycles. The highest BCUT2D eigenvalue weighted by Crippen LogP contribution is 2.31. The van der Waals surface area contributed by atoms with Gasteiger partial charge in [0.2, 0.25) is 0 Å². The molecule has 0 amide bonds. The molecular formula is C16H24N2O3. The fourth-order valence-corrected chi connectivity index (χ4v) is 2.77. The minimum absolute atomic E-state index is 0.303. The van der Waals surface area contributed by atoms with Crippen molar-refractivity contribution in [3.05, 3.63) is 24.3 Å². The first-order valence-electron chi connectivity index (χ1n) is 7.36. The monoisotopic (exact) mass is 292 g/mol. The van der Waals surface area contributed by atoms with Gasteiger partial charge in [-0.25, -0.2) is 4.79 Å². The van der Waals surface area contributed by atoms with E-state index in [0.717, 1.165) is 6.42 Å². The maximum Gasteiger partial charge on any atom is 0.334 e. The number of allylic oxidation sites excluding steroid dienone is 2. The van der Waals surface area contributed by atoms with E-state index in [1.165, 1.54) is 0 Å². The molecule has 0 saturated carbocycles. The van der Waals surface area contributed by atoms with E-state index in [0.29, 0.717) is 19.4 Å². The highest BCUT2D eigenvalue weighted by atomic mass is 16.6. The zero-order valence-electron chi connectivity index (χ0n) is 12.9. The first-order valence-corrected chi connectivity index (χ1v) is 7.36. The van der Waals surface area contributed by atoms with Crippen molar-refractivity contribution in [2.75, 3.05) is 6.54 Å². The molecule has 2 atom stereocenters. The van der Waals surface area contributed by atoms with Gasteiger partial charge in [-0.05, 0) is 46.6 Å². The molecule has 0 radical (unpaired) electrons. The van der Waals surface area contributed by atoms with E-state index in [4.69, 9.17) is 10.5 Å². The number of ether oxygens (including phenoxy) is 1. The number of nitrogens with two attached hydrogens (primary N) is 1. The minimum atomic E-state index is -1.32. The van der Waals surface area contributed by atoms with Gasteiger partial charge in [0.25, 0.3) is 0 Å². The number of ketones is 1. The zero-order valence-corrected chi connectivity index (χ0v) is 12.9. The third kappa shape index (κ3) is 3.09. The molecule has 2 aliphatic rings. The Morgan fingerprint density at radius 3 is 2.48 bits per heavy atom. The summed E-state index contributed by atoms with van der Waals surface area (Å²) in [5.41, 5.74) is 3.12.